The van der Waals surface area contributed by atoms with Gasteiger partial charge in [0.2, 0.25) is 21.8 Å². The first kappa shape index (κ1) is 29.2. The Labute approximate surface area is 230 Å². The van der Waals surface area contributed by atoms with Gasteiger partial charge in [0.25, 0.3) is 0 Å². The van der Waals surface area contributed by atoms with Crippen molar-refractivity contribution in [2.45, 2.75) is 39.3 Å². The van der Waals surface area contributed by atoms with Crippen LogP contribution >= 0.6 is 11.6 Å². The number of nitrogens with zero attached hydrogens (tertiary/aromatic N) is 2. The fourth-order valence-electron chi connectivity index (χ4n) is 4.19. The lowest BCUT2D eigenvalue weighted by Gasteiger charge is -2.33. The minimum atomic E-state index is -3.80. The first-order chi connectivity index (χ1) is 18.1. The Bertz CT molecular complexity index is 1330. The standard InChI is InChI=1S/C29H34ClN3O4S/c1-4-22-14-16-26(17-15-22)33(38(3,36)37)21-28(34)32(20-24-12-9-13-25(30)18-24)27(29(35)31-5-2)19-23-10-7-6-8-11-23/h6-18,27H,4-5,19-21H2,1-3H3,(H,31,35)/t27-/m1/s1. The Morgan fingerprint density at radius 1 is 0.895 bits per heavy atom. The van der Waals surface area contributed by atoms with Gasteiger partial charge in [-0.2, -0.15) is 0 Å². The van der Waals surface area contributed by atoms with E-state index < -0.39 is 28.5 Å². The summed E-state index contributed by atoms with van der Waals surface area (Å²) in [7, 11) is -3.80. The van der Waals surface area contributed by atoms with Crippen LogP contribution in [0.4, 0.5) is 5.69 Å². The van der Waals surface area contributed by atoms with E-state index in [1.807, 2.05) is 62.4 Å². The molecule has 3 rings (SSSR count). The first-order valence-electron chi connectivity index (χ1n) is 12.5. The van der Waals surface area contributed by atoms with Crippen LogP contribution in [0, 0.1) is 0 Å². The van der Waals surface area contributed by atoms with Crippen molar-refractivity contribution in [3.8, 4) is 0 Å². The summed E-state index contributed by atoms with van der Waals surface area (Å²) in [6.07, 6.45) is 2.14. The number of likely N-dealkylation sites (N-methyl/N-ethyl adjacent to an activating group) is 1. The van der Waals surface area contributed by atoms with E-state index >= 15 is 0 Å². The molecule has 1 atom stereocenters. The molecule has 0 radical (unpaired) electrons. The molecule has 0 aromatic heterocycles. The van der Waals surface area contributed by atoms with Gasteiger partial charge in [0, 0.05) is 24.5 Å². The molecule has 0 unspecified atom stereocenters. The number of anilines is 1. The molecule has 3 aromatic rings. The van der Waals surface area contributed by atoms with E-state index in [0.717, 1.165) is 33.7 Å². The number of carbonyl (C=O) groups is 2. The highest BCUT2D eigenvalue weighted by Gasteiger charge is 2.32. The zero-order chi connectivity index (χ0) is 27.7. The average Bonchev–Trinajstić information content (AvgIpc) is 2.89. The van der Waals surface area contributed by atoms with E-state index in [1.54, 1.807) is 30.3 Å². The monoisotopic (exact) mass is 555 g/mol. The maximum Gasteiger partial charge on any atom is 0.244 e. The number of hydrogen-bond donors (Lipinski definition) is 1. The molecule has 7 nitrogen and oxygen atoms in total. The van der Waals surface area contributed by atoms with E-state index in [9.17, 15) is 18.0 Å². The Morgan fingerprint density at radius 3 is 2.13 bits per heavy atom. The number of amides is 2. The lowest BCUT2D eigenvalue weighted by atomic mass is 10.0. The number of aryl methyl sites for hydroxylation is 1. The van der Waals surface area contributed by atoms with Gasteiger partial charge in [0.05, 0.1) is 11.9 Å². The van der Waals surface area contributed by atoms with Crippen molar-refractivity contribution in [3.05, 3.63) is 101 Å². The first-order valence-corrected chi connectivity index (χ1v) is 14.8. The van der Waals surface area contributed by atoms with E-state index in [4.69, 9.17) is 11.6 Å². The van der Waals surface area contributed by atoms with Crippen molar-refractivity contribution in [2.75, 3.05) is 23.7 Å². The van der Waals surface area contributed by atoms with Gasteiger partial charge in [-0.05, 0) is 54.3 Å². The number of benzene rings is 3. The number of carbonyl (C=O) groups excluding carboxylic acids is 2. The Morgan fingerprint density at radius 2 is 1.55 bits per heavy atom. The number of rotatable bonds is 12. The van der Waals surface area contributed by atoms with Crippen LogP contribution < -0.4 is 9.62 Å². The predicted molar refractivity (Wildman–Crippen MR) is 153 cm³/mol. The molecule has 0 bridgehead atoms. The van der Waals surface area contributed by atoms with Crippen molar-refractivity contribution in [1.29, 1.82) is 0 Å². The predicted octanol–water partition coefficient (Wildman–Crippen LogP) is 4.44. The lowest BCUT2D eigenvalue weighted by Crippen LogP contribution is -2.53. The maximum absolute atomic E-state index is 13.9. The van der Waals surface area contributed by atoms with Crippen molar-refractivity contribution in [1.82, 2.24) is 10.2 Å². The van der Waals surface area contributed by atoms with Gasteiger partial charge in [0.15, 0.2) is 0 Å². The summed E-state index contributed by atoms with van der Waals surface area (Å²) in [4.78, 5) is 28.7. The van der Waals surface area contributed by atoms with Crippen molar-refractivity contribution in [3.63, 3.8) is 0 Å². The molecule has 0 aliphatic heterocycles. The summed E-state index contributed by atoms with van der Waals surface area (Å²) in [5, 5.41) is 3.34. The maximum atomic E-state index is 13.9. The Balaban J connectivity index is 2.02. The zero-order valence-corrected chi connectivity index (χ0v) is 23.5. The fourth-order valence-corrected chi connectivity index (χ4v) is 5.25. The van der Waals surface area contributed by atoms with Crippen LogP contribution in [0.25, 0.3) is 0 Å². The topological polar surface area (TPSA) is 86.8 Å². The quantitative estimate of drug-likeness (QED) is 0.358. The second kappa shape index (κ2) is 13.4. The number of nitrogens with one attached hydrogen (secondary N) is 1. The van der Waals surface area contributed by atoms with Crippen molar-refractivity contribution >= 4 is 39.1 Å². The van der Waals surface area contributed by atoms with Crippen LogP contribution in [0.1, 0.15) is 30.5 Å². The molecule has 202 valence electrons. The highest BCUT2D eigenvalue weighted by atomic mass is 35.5. The summed E-state index contributed by atoms with van der Waals surface area (Å²) in [6.45, 7) is 3.85. The second-order valence-corrected chi connectivity index (χ2v) is 11.4. The van der Waals surface area contributed by atoms with Gasteiger partial charge < -0.3 is 10.2 Å². The van der Waals surface area contributed by atoms with Gasteiger partial charge in [-0.15, -0.1) is 0 Å². The second-order valence-electron chi connectivity index (χ2n) is 9.04. The summed E-state index contributed by atoms with van der Waals surface area (Å²) >= 11 is 6.21. The van der Waals surface area contributed by atoms with Crippen LogP contribution in [0.3, 0.4) is 0 Å². The molecule has 0 aliphatic rings. The zero-order valence-electron chi connectivity index (χ0n) is 21.9. The molecule has 3 aromatic carbocycles. The molecule has 2 amide bonds. The van der Waals surface area contributed by atoms with E-state index in [1.165, 1.54) is 4.90 Å². The van der Waals surface area contributed by atoms with Crippen LogP contribution in [0.2, 0.25) is 5.02 Å². The molecular formula is C29H34ClN3O4S. The van der Waals surface area contributed by atoms with Crippen molar-refractivity contribution < 1.29 is 18.0 Å². The SMILES string of the molecule is CCNC(=O)[C@@H](Cc1ccccc1)N(Cc1cccc(Cl)c1)C(=O)CN(c1ccc(CC)cc1)S(C)(=O)=O. The third-order valence-electron chi connectivity index (χ3n) is 6.18. The molecule has 0 heterocycles. The molecule has 38 heavy (non-hydrogen) atoms. The summed E-state index contributed by atoms with van der Waals surface area (Å²) < 4.78 is 26.7. The van der Waals surface area contributed by atoms with Gasteiger partial charge in [-0.3, -0.25) is 13.9 Å². The largest absolute Gasteiger partial charge is 0.355 e. The molecular weight excluding hydrogens is 522 g/mol. The van der Waals surface area contributed by atoms with Gasteiger partial charge in [-0.1, -0.05) is 73.1 Å². The van der Waals surface area contributed by atoms with Gasteiger partial charge in [-0.25, -0.2) is 8.42 Å². The smallest absolute Gasteiger partial charge is 0.244 e. The number of halogens is 1. The van der Waals surface area contributed by atoms with Crippen LogP contribution in [0.5, 0.6) is 0 Å². The number of hydrogen-bond acceptors (Lipinski definition) is 4. The minimum absolute atomic E-state index is 0.0837. The third kappa shape index (κ3) is 8.07. The number of sulfonamides is 1. The molecule has 0 spiro atoms. The van der Waals surface area contributed by atoms with E-state index in [2.05, 4.69) is 5.32 Å². The normalized spacial score (nSPS) is 12.0. The molecule has 0 saturated carbocycles. The molecule has 0 saturated heterocycles. The molecule has 0 fully saturated rings. The third-order valence-corrected chi connectivity index (χ3v) is 7.55. The summed E-state index contributed by atoms with van der Waals surface area (Å²) in [5.41, 5.74) is 3.04. The van der Waals surface area contributed by atoms with Crippen molar-refractivity contribution in [2.24, 2.45) is 0 Å². The van der Waals surface area contributed by atoms with E-state index in [0.29, 0.717) is 17.3 Å². The average molecular weight is 556 g/mol. The van der Waals surface area contributed by atoms with Crippen LogP contribution in [-0.2, 0) is 39.0 Å². The lowest BCUT2D eigenvalue weighted by molar-refractivity contribution is -0.140. The highest BCUT2D eigenvalue weighted by Crippen LogP contribution is 2.22. The Hall–Kier alpha value is -3.36. The van der Waals surface area contributed by atoms with Crippen LogP contribution in [-0.4, -0.2) is 50.5 Å². The summed E-state index contributed by atoms with van der Waals surface area (Å²) in [5.74, 6) is -0.813. The van der Waals surface area contributed by atoms with E-state index in [-0.39, 0.29) is 18.9 Å². The fraction of sp³-hybridized carbons (Fsp3) is 0.310. The highest BCUT2D eigenvalue weighted by molar-refractivity contribution is 7.92. The molecule has 9 heteroatoms. The molecule has 1 N–H and O–H groups in total. The Kier molecular flexibility index (Phi) is 10.3. The molecule has 0 aliphatic carbocycles. The summed E-state index contributed by atoms with van der Waals surface area (Å²) in [6, 6.07) is 22.7. The van der Waals surface area contributed by atoms with Gasteiger partial charge >= 0.3 is 0 Å². The van der Waals surface area contributed by atoms with Gasteiger partial charge in [0.1, 0.15) is 12.6 Å². The van der Waals surface area contributed by atoms with Crippen LogP contribution in [0.15, 0.2) is 78.9 Å². The minimum Gasteiger partial charge on any atom is -0.355 e.